The first-order valence-electron chi connectivity index (χ1n) is 5.72. The minimum Gasteiger partial charge on any atom is -0.366 e. The maximum atomic E-state index is 5.69. The van der Waals surface area contributed by atoms with Gasteiger partial charge in [0.15, 0.2) is 5.15 Å². The molecule has 4 nitrogen and oxygen atoms in total. The molecule has 2 rings (SSSR count). The van der Waals surface area contributed by atoms with E-state index in [2.05, 4.69) is 27.8 Å². The standard InChI is InChI=1S/C11H17ClN4/c1-8(9-3-2-6-13-7-9)14-11-5-4-10(12)15-16-11/h4-5,8-9,13H,2-3,6-7H2,1H3,(H,14,16). The Morgan fingerprint density at radius 2 is 2.38 bits per heavy atom. The maximum absolute atomic E-state index is 5.69. The molecule has 0 radical (unpaired) electrons. The Balaban J connectivity index is 1.90. The fourth-order valence-electron chi connectivity index (χ4n) is 2.05. The van der Waals surface area contributed by atoms with E-state index in [0.29, 0.717) is 17.1 Å². The molecule has 1 aromatic rings. The van der Waals surface area contributed by atoms with Crippen molar-refractivity contribution < 1.29 is 0 Å². The Labute approximate surface area is 101 Å². The summed E-state index contributed by atoms with van der Waals surface area (Å²) in [5.41, 5.74) is 0. The zero-order valence-corrected chi connectivity index (χ0v) is 10.2. The summed E-state index contributed by atoms with van der Waals surface area (Å²) in [6, 6.07) is 4.02. The van der Waals surface area contributed by atoms with Crippen LogP contribution in [0.3, 0.4) is 0 Å². The summed E-state index contributed by atoms with van der Waals surface area (Å²) >= 11 is 5.69. The number of nitrogens with one attached hydrogen (secondary N) is 2. The molecule has 0 bridgehead atoms. The first kappa shape index (κ1) is 11.6. The molecule has 5 heteroatoms. The highest BCUT2D eigenvalue weighted by Crippen LogP contribution is 2.17. The zero-order valence-electron chi connectivity index (χ0n) is 9.41. The van der Waals surface area contributed by atoms with Gasteiger partial charge < -0.3 is 10.6 Å². The van der Waals surface area contributed by atoms with Gasteiger partial charge in [-0.2, -0.15) is 0 Å². The van der Waals surface area contributed by atoms with Crippen molar-refractivity contribution in [3.05, 3.63) is 17.3 Å². The predicted molar refractivity (Wildman–Crippen MR) is 65.7 cm³/mol. The zero-order chi connectivity index (χ0) is 11.4. The maximum Gasteiger partial charge on any atom is 0.151 e. The van der Waals surface area contributed by atoms with Gasteiger partial charge in [0.25, 0.3) is 0 Å². The average Bonchev–Trinajstić information content (AvgIpc) is 2.33. The van der Waals surface area contributed by atoms with Gasteiger partial charge in [-0.15, -0.1) is 10.2 Å². The van der Waals surface area contributed by atoms with Crippen LogP contribution in [0.4, 0.5) is 5.82 Å². The van der Waals surface area contributed by atoms with Gasteiger partial charge in [0.05, 0.1) is 0 Å². The molecule has 1 aliphatic heterocycles. The van der Waals surface area contributed by atoms with E-state index < -0.39 is 0 Å². The van der Waals surface area contributed by atoms with E-state index in [1.165, 1.54) is 12.8 Å². The molecule has 0 aromatic carbocycles. The Bertz CT molecular complexity index is 321. The highest BCUT2D eigenvalue weighted by Gasteiger charge is 2.19. The summed E-state index contributed by atoms with van der Waals surface area (Å²) in [5, 5.41) is 15.0. The van der Waals surface area contributed by atoms with Gasteiger partial charge in [0.2, 0.25) is 0 Å². The number of rotatable bonds is 3. The van der Waals surface area contributed by atoms with E-state index in [0.717, 1.165) is 18.9 Å². The number of hydrogen-bond acceptors (Lipinski definition) is 4. The van der Waals surface area contributed by atoms with E-state index in [-0.39, 0.29) is 0 Å². The first-order chi connectivity index (χ1) is 7.75. The Hall–Kier alpha value is -0.870. The highest BCUT2D eigenvalue weighted by atomic mass is 35.5. The van der Waals surface area contributed by atoms with Gasteiger partial charge in [-0.1, -0.05) is 11.6 Å². The number of aromatic nitrogens is 2. The van der Waals surface area contributed by atoms with Crippen LogP contribution in [0.15, 0.2) is 12.1 Å². The summed E-state index contributed by atoms with van der Waals surface area (Å²) in [4.78, 5) is 0. The number of anilines is 1. The number of nitrogens with zero attached hydrogens (tertiary/aromatic N) is 2. The largest absolute Gasteiger partial charge is 0.366 e. The van der Waals surface area contributed by atoms with Crippen LogP contribution in [0.25, 0.3) is 0 Å². The van der Waals surface area contributed by atoms with E-state index in [1.54, 1.807) is 6.07 Å². The van der Waals surface area contributed by atoms with E-state index in [9.17, 15) is 0 Å². The molecule has 2 heterocycles. The van der Waals surface area contributed by atoms with Gasteiger partial charge in [0.1, 0.15) is 5.82 Å². The fraction of sp³-hybridized carbons (Fsp3) is 0.636. The Morgan fingerprint density at radius 3 is 3.00 bits per heavy atom. The smallest absolute Gasteiger partial charge is 0.151 e. The van der Waals surface area contributed by atoms with Crippen LogP contribution in [-0.4, -0.2) is 29.3 Å². The Kier molecular flexibility index (Phi) is 3.96. The van der Waals surface area contributed by atoms with E-state index >= 15 is 0 Å². The lowest BCUT2D eigenvalue weighted by atomic mass is 9.93. The molecule has 1 fully saturated rings. The fourth-order valence-corrected chi connectivity index (χ4v) is 2.15. The quantitative estimate of drug-likeness (QED) is 0.848. The van der Waals surface area contributed by atoms with Crippen molar-refractivity contribution in [1.29, 1.82) is 0 Å². The third-order valence-corrected chi connectivity index (χ3v) is 3.25. The van der Waals surface area contributed by atoms with Crippen LogP contribution in [-0.2, 0) is 0 Å². The molecule has 2 atom stereocenters. The number of hydrogen-bond donors (Lipinski definition) is 2. The average molecular weight is 241 g/mol. The summed E-state index contributed by atoms with van der Waals surface area (Å²) in [6.45, 7) is 4.41. The minimum absolute atomic E-state index is 0.406. The topological polar surface area (TPSA) is 49.8 Å². The lowest BCUT2D eigenvalue weighted by Gasteiger charge is -2.29. The van der Waals surface area contributed by atoms with Crippen molar-refractivity contribution in [1.82, 2.24) is 15.5 Å². The van der Waals surface area contributed by atoms with Crippen LogP contribution in [0.1, 0.15) is 19.8 Å². The van der Waals surface area contributed by atoms with Crippen LogP contribution < -0.4 is 10.6 Å². The molecule has 0 amide bonds. The summed E-state index contributed by atoms with van der Waals surface area (Å²) in [5.74, 6) is 1.45. The molecule has 0 saturated carbocycles. The van der Waals surface area contributed by atoms with Crippen molar-refractivity contribution in [3.63, 3.8) is 0 Å². The van der Waals surface area contributed by atoms with Gasteiger partial charge in [-0.3, -0.25) is 0 Å². The molecular formula is C11H17ClN4. The minimum atomic E-state index is 0.406. The second kappa shape index (κ2) is 5.46. The van der Waals surface area contributed by atoms with Gasteiger partial charge in [-0.25, -0.2) is 0 Å². The third-order valence-electron chi connectivity index (χ3n) is 3.05. The normalized spacial score (nSPS) is 22.8. The van der Waals surface area contributed by atoms with Crippen LogP contribution in [0.2, 0.25) is 5.15 Å². The van der Waals surface area contributed by atoms with E-state index in [1.807, 2.05) is 6.07 Å². The molecule has 88 valence electrons. The molecule has 1 saturated heterocycles. The second-order valence-corrected chi connectivity index (χ2v) is 4.67. The molecule has 1 aliphatic rings. The summed E-state index contributed by atoms with van der Waals surface area (Å²) in [7, 11) is 0. The van der Waals surface area contributed by atoms with Crippen molar-refractivity contribution in [2.24, 2.45) is 5.92 Å². The molecule has 0 spiro atoms. The molecule has 1 aromatic heterocycles. The molecular weight excluding hydrogens is 224 g/mol. The van der Waals surface area contributed by atoms with Crippen LogP contribution in [0.5, 0.6) is 0 Å². The van der Waals surface area contributed by atoms with Crippen LogP contribution >= 0.6 is 11.6 Å². The molecule has 2 N–H and O–H groups in total. The summed E-state index contributed by atoms with van der Waals surface area (Å²) in [6.07, 6.45) is 2.52. The number of piperidine rings is 1. The summed E-state index contributed by atoms with van der Waals surface area (Å²) < 4.78 is 0. The monoisotopic (exact) mass is 240 g/mol. The molecule has 16 heavy (non-hydrogen) atoms. The molecule has 2 unspecified atom stereocenters. The van der Waals surface area contributed by atoms with Gasteiger partial charge in [-0.05, 0) is 50.9 Å². The number of halogens is 1. The first-order valence-corrected chi connectivity index (χ1v) is 6.10. The predicted octanol–water partition coefficient (Wildman–Crippen LogP) is 1.93. The third kappa shape index (κ3) is 3.06. The highest BCUT2D eigenvalue weighted by molar-refractivity contribution is 6.29. The van der Waals surface area contributed by atoms with Crippen molar-refractivity contribution in [2.45, 2.75) is 25.8 Å². The van der Waals surface area contributed by atoms with Crippen molar-refractivity contribution >= 4 is 17.4 Å². The van der Waals surface area contributed by atoms with Gasteiger partial charge >= 0.3 is 0 Å². The van der Waals surface area contributed by atoms with Crippen molar-refractivity contribution in [2.75, 3.05) is 18.4 Å². The SMILES string of the molecule is CC(Nc1ccc(Cl)nn1)C1CCCNC1. The second-order valence-electron chi connectivity index (χ2n) is 4.28. The lowest BCUT2D eigenvalue weighted by molar-refractivity contribution is 0.346. The van der Waals surface area contributed by atoms with Gasteiger partial charge in [0, 0.05) is 6.04 Å². The molecule has 0 aliphatic carbocycles. The van der Waals surface area contributed by atoms with E-state index in [4.69, 9.17) is 11.6 Å². The van der Waals surface area contributed by atoms with Crippen molar-refractivity contribution in [3.8, 4) is 0 Å². The lowest BCUT2D eigenvalue weighted by Crippen LogP contribution is -2.38. The Morgan fingerprint density at radius 1 is 1.50 bits per heavy atom. The van der Waals surface area contributed by atoms with Crippen LogP contribution in [0, 0.1) is 5.92 Å².